The molecule has 0 aliphatic heterocycles. The molecule has 0 amide bonds. The second-order valence-electron chi connectivity index (χ2n) is 4.40. The van der Waals surface area contributed by atoms with E-state index in [1.54, 1.807) is 0 Å². The lowest BCUT2D eigenvalue weighted by molar-refractivity contribution is 0.475. The first-order valence-electron chi connectivity index (χ1n) is 6.39. The standard InChI is InChI=1S/C14H19N3O/c1-3-4-8-15-10-13-16-17-14(18-13)12-7-5-6-11(2)9-12/h5-7,9,15H,3-4,8,10H2,1-2H3. The molecule has 4 nitrogen and oxygen atoms in total. The largest absolute Gasteiger partial charge is 0.419 e. The quantitative estimate of drug-likeness (QED) is 0.795. The Hall–Kier alpha value is -1.68. The predicted molar refractivity (Wildman–Crippen MR) is 71.1 cm³/mol. The number of unbranched alkanes of at least 4 members (excludes halogenated alkanes) is 1. The Kier molecular flexibility index (Phi) is 4.47. The first-order valence-corrected chi connectivity index (χ1v) is 6.39. The molecule has 96 valence electrons. The highest BCUT2D eigenvalue weighted by Gasteiger charge is 2.07. The molecular formula is C14H19N3O. The summed E-state index contributed by atoms with van der Waals surface area (Å²) < 4.78 is 5.62. The van der Waals surface area contributed by atoms with Crippen molar-refractivity contribution in [3.63, 3.8) is 0 Å². The monoisotopic (exact) mass is 245 g/mol. The van der Waals surface area contributed by atoms with Gasteiger partial charge >= 0.3 is 0 Å². The van der Waals surface area contributed by atoms with Crippen LogP contribution in [0, 0.1) is 6.92 Å². The average molecular weight is 245 g/mol. The van der Waals surface area contributed by atoms with Crippen molar-refractivity contribution in [2.75, 3.05) is 6.54 Å². The maximum absolute atomic E-state index is 5.62. The van der Waals surface area contributed by atoms with Gasteiger partial charge in [-0.3, -0.25) is 0 Å². The van der Waals surface area contributed by atoms with Crippen LogP contribution in [0.4, 0.5) is 0 Å². The molecule has 4 heteroatoms. The molecule has 0 aliphatic rings. The molecule has 0 saturated heterocycles. The summed E-state index contributed by atoms with van der Waals surface area (Å²) in [5.41, 5.74) is 2.16. The summed E-state index contributed by atoms with van der Waals surface area (Å²) in [5.74, 6) is 1.23. The van der Waals surface area contributed by atoms with Gasteiger partial charge in [-0.05, 0) is 32.0 Å². The average Bonchev–Trinajstić information content (AvgIpc) is 2.83. The lowest BCUT2D eigenvalue weighted by Gasteiger charge is -1.99. The summed E-state index contributed by atoms with van der Waals surface area (Å²) in [6.07, 6.45) is 2.35. The van der Waals surface area contributed by atoms with E-state index in [4.69, 9.17) is 4.42 Å². The predicted octanol–water partition coefficient (Wildman–Crippen LogP) is 2.93. The smallest absolute Gasteiger partial charge is 0.247 e. The highest BCUT2D eigenvalue weighted by atomic mass is 16.4. The number of nitrogens with zero attached hydrogens (tertiary/aromatic N) is 2. The molecule has 1 heterocycles. The minimum absolute atomic E-state index is 0.589. The molecule has 1 aromatic carbocycles. The number of hydrogen-bond donors (Lipinski definition) is 1. The van der Waals surface area contributed by atoms with Gasteiger partial charge < -0.3 is 9.73 Å². The van der Waals surface area contributed by atoms with Crippen LogP contribution in [0.3, 0.4) is 0 Å². The van der Waals surface area contributed by atoms with Crippen LogP contribution in [0.2, 0.25) is 0 Å². The van der Waals surface area contributed by atoms with Gasteiger partial charge in [0.2, 0.25) is 11.8 Å². The van der Waals surface area contributed by atoms with Crippen molar-refractivity contribution in [1.82, 2.24) is 15.5 Å². The number of benzene rings is 1. The lowest BCUT2D eigenvalue weighted by Crippen LogP contribution is -2.14. The Morgan fingerprint density at radius 1 is 1.28 bits per heavy atom. The van der Waals surface area contributed by atoms with Crippen molar-refractivity contribution in [3.05, 3.63) is 35.7 Å². The molecule has 2 aromatic rings. The lowest BCUT2D eigenvalue weighted by atomic mass is 10.1. The fourth-order valence-corrected chi connectivity index (χ4v) is 1.72. The molecule has 2 rings (SSSR count). The summed E-state index contributed by atoms with van der Waals surface area (Å²) in [4.78, 5) is 0. The fourth-order valence-electron chi connectivity index (χ4n) is 1.72. The van der Waals surface area contributed by atoms with Crippen LogP contribution >= 0.6 is 0 Å². The first kappa shape index (κ1) is 12.8. The van der Waals surface area contributed by atoms with Gasteiger partial charge in [-0.25, -0.2) is 0 Å². The fraction of sp³-hybridized carbons (Fsp3) is 0.429. The molecule has 0 unspecified atom stereocenters. The highest BCUT2D eigenvalue weighted by molar-refractivity contribution is 5.53. The Bertz CT molecular complexity index is 493. The summed E-state index contributed by atoms with van der Waals surface area (Å²) in [6, 6.07) is 8.07. The second kappa shape index (κ2) is 6.31. The molecule has 0 radical (unpaired) electrons. The molecule has 0 atom stereocenters. The van der Waals surface area contributed by atoms with Gasteiger partial charge in [0, 0.05) is 5.56 Å². The zero-order valence-electron chi connectivity index (χ0n) is 10.9. The van der Waals surface area contributed by atoms with Crippen LogP contribution in [0.15, 0.2) is 28.7 Å². The molecule has 0 saturated carbocycles. The minimum atomic E-state index is 0.589. The van der Waals surface area contributed by atoms with E-state index < -0.39 is 0 Å². The van der Waals surface area contributed by atoms with Gasteiger partial charge in [-0.15, -0.1) is 10.2 Å². The Labute approximate surface area is 107 Å². The third kappa shape index (κ3) is 3.40. The number of aryl methyl sites for hydroxylation is 1. The topological polar surface area (TPSA) is 51.0 Å². The van der Waals surface area contributed by atoms with E-state index in [2.05, 4.69) is 22.4 Å². The maximum atomic E-state index is 5.62. The van der Waals surface area contributed by atoms with E-state index in [0.29, 0.717) is 18.3 Å². The summed E-state index contributed by atoms with van der Waals surface area (Å²) in [6.45, 7) is 5.84. The van der Waals surface area contributed by atoms with E-state index in [0.717, 1.165) is 12.1 Å². The van der Waals surface area contributed by atoms with Gasteiger partial charge in [0.1, 0.15) is 0 Å². The zero-order chi connectivity index (χ0) is 12.8. The van der Waals surface area contributed by atoms with Crippen LogP contribution in [0.25, 0.3) is 11.5 Å². The Morgan fingerprint density at radius 3 is 2.94 bits per heavy atom. The van der Waals surface area contributed by atoms with Crippen LogP contribution in [0.5, 0.6) is 0 Å². The number of hydrogen-bond acceptors (Lipinski definition) is 4. The Balaban J connectivity index is 1.97. The number of aromatic nitrogens is 2. The molecular weight excluding hydrogens is 226 g/mol. The van der Waals surface area contributed by atoms with Crippen molar-refractivity contribution in [2.24, 2.45) is 0 Å². The normalized spacial score (nSPS) is 10.8. The van der Waals surface area contributed by atoms with E-state index in [1.807, 2.05) is 31.2 Å². The van der Waals surface area contributed by atoms with Gasteiger partial charge in [-0.1, -0.05) is 31.0 Å². The summed E-state index contributed by atoms with van der Waals surface area (Å²) in [5, 5.41) is 11.4. The van der Waals surface area contributed by atoms with Crippen molar-refractivity contribution < 1.29 is 4.42 Å². The maximum Gasteiger partial charge on any atom is 0.247 e. The van der Waals surface area contributed by atoms with E-state index in [9.17, 15) is 0 Å². The summed E-state index contributed by atoms with van der Waals surface area (Å²) >= 11 is 0. The van der Waals surface area contributed by atoms with Crippen molar-refractivity contribution in [3.8, 4) is 11.5 Å². The first-order chi connectivity index (χ1) is 8.79. The molecule has 0 spiro atoms. The minimum Gasteiger partial charge on any atom is -0.419 e. The number of rotatable bonds is 6. The van der Waals surface area contributed by atoms with Gasteiger partial charge in [0.25, 0.3) is 0 Å². The second-order valence-corrected chi connectivity index (χ2v) is 4.40. The van der Waals surface area contributed by atoms with Gasteiger partial charge in [0.15, 0.2) is 0 Å². The highest BCUT2D eigenvalue weighted by Crippen LogP contribution is 2.18. The van der Waals surface area contributed by atoms with Gasteiger partial charge in [-0.2, -0.15) is 0 Å². The SMILES string of the molecule is CCCCNCc1nnc(-c2cccc(C)c2)o1. The van der Waals surface area contributed by atoms with E-state index in [-0.39, 0.29) is 0 Å². The Morgan fingerprint density at radius 2 is 2.17 bits per heavy atom. The van der Waals surface area contributed by atoms with Crippen molar-refractivity contribution in [1.29, 1.82) is 0 Å². The van der Waals surface area contributed by atoms with E-state index in [1.165, 1.54) is 18.4 Å². The van der Waals surface area contributed by atoms with E-state index >= 15 is 0 Å². The van der Waals surface area contributed by atoms with Crippen LogP contribution in [0.1, 0.15) is 31.2 Å². The number of nitrogens with one attached hydrogen (secondary N) is 1. The molecule has 18 heavy (non-hydrogen) atoms. The zero-order valence-corrected chi connectivity index (χ0v) is 10.9. The molecule has 0 aliphatic carbocycles. The van der Waals surface area contributed by atoms with Crippen molar-refractivity contribution in [2.45, 2.75) is 33.2 Å². The molecule has 0 fully saturated rings. The van der Waals surface area contributed by atoms with Crippen LogP contribution in [-0.2, 0) is 6.54 Å². The summed E-state index contributed by atoms with van der Waals surface area (Å²) in [7, 11) is 0. The van der Waals surface area contributed by atoms with Crippen molar-refractivity contribution >= 4 is 0 Å². The molecule has 1 N–H and O–H groups in total. The third-order valence-electron chi connectivity index (χ3n) is 2.72. The van der Waals surface area contributed by atoms with Gasteiger partial charge in [0.05, 0.1) is 6.54 Å². The van der Waals surface area contributed by atoms with Crippen LogP contribution < -0.4 is 5.32 Å². The molecule has 1 aromatic heterocycles. The third-order valence-corrected chi connectivity index (χ3v) is 2.72. The molecule has 0 bridgehead atoms. The van der Waals surface area contributed by atoms with Crippen LogP contribution in [-0.4, -0.2) is 16.7 Å².